The van der Waals surface area contributed by atoms with Crippen LogP contribution in [-0.2, 0) is 11.2 Å². The summed E-state index contributed by atoms with van der Waals surface area (Å²) in [7, 11) is 1.66. The molecule has 32 heavy (non-hydrogen) atoms. The smallest absolute Gasteiger partial charge is 0.254 e. The van der Waals surface area contributed by atoms with E-state index >= 15 is 0 Å². The number of carbonyl (C=O) groups is 2. The first kappa shape index (κ1) is 22.4. The summed E-state index contributed by atoms with van der Waals surface area (Å²) in [6.45, 7) is 2.05. The molecule has 0 spiro atoms. The van der Waals surface area contributed by atoms with Gasteiger partial charge < -0.3 is 15.0 Å². The van der Waals surface area contributed by atoms with Gasteiger partial charge in [0, 0.05) is 17.6 Å². The van der Waals surface area contributed by atoms with Crippen molar-refractivity contribution in [3.8, 4) is 5.75 Å². The average molecular weight is 435 g/mol. The van der Waals surface area contributed by atoms with E-state index in [9.17, 15) is 9.59 Å². The van der Waals surface area contributed by atoms with Crippen LogP contribution in [0.4, 0.5) is 0 Å². The highest BCUT2D eigenvalue weighted by molar-refractivity contribution is 5.98. The van der Waals surface area contributed by atoms with Gasteiger partial charge >= 0.3 is 0 Å². The summed E-state index contributed by atoms with van der Waals surface area (Å²) >= 11 is 0. The van der Waals surface area contributed by atoms with Gasteiger partial charge in [0.2, 0.25) is 5.91 Å². The summed E-state index contributed by atoms with van der Waals surface area (Å²) in [5.74, 6) is 1.26. The van der Waals surface area contributed by atoms with Gasteiger partial charge in [-0.1, -0.05) is 43.2 Å². The number of nitrogens with zero attached hydrogens (tertiary/aromatic N) is 1. The van der Waals surface area contributed by atoms with Crippen LogP contribution in [0, 0.1) is 5.92 Å². The van der Waals surface area contributed by atoms with Crippen LogP contribution >= 0.6 is 0 Å². The number of amides is 2. The lowest BCUT2D eigenvalue weighted by molar-refractivity contribution is -0.125. The van der Waals surface area contributed by atoms with E-state index in [2.05, 4.69) is 17.4 Å². The first-order valence-corrected chi connectivity index (χ1v) is 11.9. The van der Waals surface area contributed by atoms with Gasteiger partial charge in [-0.2, -0.15) is 0 Å². The molecule has 0 aromatic heterocycles. The number of fused-ring (bicyclic) bond motifs is 1. The molecule has 170 valence electrons. The number of hydrogen-bond donors (Lipinski definition) is 1. The number of ether oxygens (including phenoxy) is 1. The second-order valence-corrected chi connectivity index (χ2v) is 9.24. The van der Waals surface area contributed by atoms with Gasteiger partial charge in [0.05, 0.1) is 7.11 Å². The Balaban J connectivity index is 1.41. The molecule has 2 aromatic rings. The molecule has 0 bridgehead atoms. The molecule has 1 saturated heterocycles. The van der Waals surface area contributed by atoms with Crippen molar-refractivity contribution >= 4 is 11.8 Å². The molecule has 2 aliphatic rings. The van der Waals surface area contributed by atoms with E-state index < -0.39 is 0 Å². The minimum absolute atomic E-state index is 0.00830. The van der Waals surface area contributed by atoms with E-state index in [-0.39, 0.29) is 29.9 Å². The summed E-state index contributed by atoms with van der Waals surface area (Å²) in [4.78, 5) is 28.6. The molecule has 4 unspecified atom stereocenters. The lowest BCUT2D eigenvalue weighted by Crippen LogP contribution is -2.51. The Morgan fingerprint density at radius 3 is 2.50 bits per heavy atom. The van der Waals surface area contributed by atoms with Crippen molar-refractivity contribution in [1.82, 2.24) is 10.2 Å². The van der Waals surface area contributed by atoms with E-state index in [1.165, 1.54) is 12.0 Å². The van der Waals surface area contributed by atoms with E-state index in [0.29, 0.717) is 11.5 Å². The van der Waals surface area contributed by atoms with Crippen molar-refractivity contribution in [1.29, 1.82) is 0 Å². The maximum Gasteiger partial charge on any atom is 0.254 e. The van der Waals surface area contributed by atoms with Crippen LogP contribution in [0.15, 0.2) is 54.6 Å². The fourth-order valence-electron chi connectivity index (χ4n) is 5.30. The zero-order valence-electron chi connectivity index (χ0n) is 19.1. The summed E-state index contributed by atoms with van der Waals surface area (Å²) in [6.07, 6.45) is 6.95. The molecule has 1 N–H and O–H groups in total. The normalized spacial score (nSPS) is 23.3. The first-order valence-electron chi connectivity index (χ1n) is 11.9. The number of methoxy groups -OCH3 is 1. The highest BCUT2D eigenvalue weighted by atomic mass is 16.5. The number of carbonyl (C=O) groups excluding carboxylic acids is 2. The molecular weight excluding hydrogens is 400 g/mol. The predicted molar refractivity (Wildman–Crippen MR) is 126 cm³/mol. The number of aryl methyl sites for hydroxylation is 1. The molecule has 2 fully saturated rings. The van der Waals surface area contributed by atoms with Crippen molar-refractivity contribution in [2.75, 3.05) is 7.11 Å². The number of rotatable bonds is 7. The molecule has 4 atom stereocenters. The highest BCUT2D eigenvalue weighted by Crippen LogP contribution is 2.40. The Morgan fingerprint density at radius 2 is 1.78 bits per heavy atom. The van der Waals surface area contributed by atoms with Crippen LogP contribution in [0.1, 0.15) is 61.4 Å². The Hall–Kier alpha value is -2.82. The van der Waals surface area contributed by atoms with E-state index in [1.807, 2.05) is 54.3 Å². The zero-order chi connectivity index (χ0) is 22.5. The SMILES string of the molecule is COc1ccc(CCC(C)NC(=O)C2CC3CCCCC3N2C(=O)c2ccccc2)cc1. The van der Waals surface area contributed by atoms with Gasteiger partial charge in [-0.05, 0) is 74.8 Å². The van der Waals surface area contributed by atoms with Gasteiger partial charge in [0.15, 0.2) is 0 Å². The van der Waals surface area contributed by atoms with Crippen molar-refractivity contribution in [2.45, 2.75) is 70.0 Å². The number of nitrogens with one attached hydrogen (secondary N) is 1. The molecule has 4 rings (SSSR count). The molecular formula is C27H34N2O3. The standard InChI is InChI=1S/C27H34N2O3/c1-19(12-13-20-14-16-23(32-2)17-15-20)28-26(30)25-18-22-10-6-7-11-24(22)29(25)27(31)21-8-4-3-5-9-21/h3-5,8-9,14-17,19,22,24-25H,6-7,10-13,18H2,1-2H3,(H,28,30). The van der Waals surface area contributed by atoms with E-state index in [4.69, 9.17) is 4.74 Å². The fraction of sp³-hybridized carbons (Fsp3) is 0.481. The summed E-state index contributed by atoms with van der Waals surface area (Å²) in [5.41, 5.74) is 1.89. The molecule has 2 amide bonds. The number of benzene rings is 2. The second-order valence-electron chi connectivity index (χ2n) is 9.24. The van der Waals surface area contributed by atoms with Crippen molar-refractivity contribution in [3.63, 3.8) is 0 Å². The Labute approximate surface area is 191 Å². The minimum atomic E-state index is -0.376. The largest absolute Gasteiger partial charge is 0.497 e. The van der Waals surface area contributed by atoms with Gasteiger partial charge in [0.25, 0.3) is 5.91 Å². The van der Waals surface area contributed by atoms with Crippen LogP contribution in [0.5, 0.6) is 5.75 Å². The fourth-order valence-corrected chi connectivity index (χ4v) is 5.30. The Bertz CT molecular complexity index is 912. The highest BCUT2D eigenvalue weighted by Gasteiger charge is 2.47. The molecule has 1 saturated carbocycles. The molecule has 1 aliphatic heterocycles. The molecule has 1 heterocycles. The van der Waals surface area contributed by atoms with Gasteiger partial charge in [-0.3, -0.25) is 9.59 Å². The third-order valence-corrected chi connectivity index (χ3v) is 7.06. The van der Waals surface area contributed by atoms with Crippen molar-refractivity contribution < 1.29 is 14.3 Å². The summed E-state index contributed by atoms with van der Waals surface area (Å²) in [5, 5.41) is 3.20. The van der Waals surface area contributed by atoms with Crippen LogP contribution in [0.3, 0.4) is 0 Å². The monoisotopic (exact) mass is 434 g/mol. The number of likely N-dealkylation sites (tertiary alicyclic amines) is 1. The van der Waals surface area contributed by atoms with Crippen molar-refractivity contribution in [3.05, 3.63) is 65.7 Å². The first-order chi connectivity index (χ1) is 15.6. The summed E-state index contributed by atoms with van der Waals surface area (Å²) < 4.78 is 5.22. The Kier molecular flexibility index (Phi) is 7.13. The van der Waals surface area contributed by atoms with E-state index in [1.54, 1.807) is 7.11 Å². The Morgan fingerprint density at radius 1 is 1.06 bits per heavy atom. The minimum Gasteiger partial charge on any atom is -0.497 e. The van der Waals surface area contributed by atoms with Crippen LogP contribution in [0.2, 0.25) is 0 Å². The van der Waals surface area contributed by atoms with Crippen LogP contribution < -0.4 is 10.1 Å². The maximum atomic E-state index is 13.4. The molecule has 2 aromatic carbocycles. The van der Waals surface area contributed by atoms with Gasteiger partial charge in [0.1, 0.15) is 11.8 Å². The van der Waals surface area contributed by atoms with Gasteiger partial charge in [-0.25, -0.2) is 0 Å². The third kappa shape index (κ3) is 4.98. The summed E-state index contributed by atoms with van der Waals surface area (Å²) in [6, 6.07) is 17.3. The zero-order valence-corrected chi connectivity index (χ0v) is 19.1. The topological polar surface area (TPSA) is 58.6 Å². The van der Waals surface area contributed by atoms with Crippen LogP contribution in [0.25, 0.3) is 0 Å². The van der Waals surface area contributed by atoms with Gasteiger partial charge in [-0.15, -0.1) is 0 Å². The van der Waals surface area contributed by atoms with E-state index in [0.717, 1.165) is 44.3 Å². The third-order valence-electron chi connectivity index (χ3n) is 7.06. The average Bonchev–Trinajstić information content (AvgIpc) is 3.23. The predicted octanol–water partition coefficient (Wildman–Crippen LogP) is 4.61. The second kappa shape index (κ2) is 10.2. The molecule has 5 nitrogen and oxygen atoms in total. The number of hydrogen-bond acceptors (Lipinski definition) is 3. The lowest BCUT2D eigenvalue weighted by Gasteiger charge is -2.34. The molecule has 1 aliphatic carbocycles. The van der Waals surface area contributed by atoms with Crippen molar-refractivity contribution in [2.24, 2.45) is 5.92 Å². The maximum absolute atomic E-state index is 13.4. The molecule has 5 heteroatoms. The quantitative estimate of drug-likeness (QED) is 0.693. The van der Waals surface area contributed by atoms with Crippen LogP contribution in [-0.4, -0.2) is 41.9 Å². The molecule has 0 radical (unpaired) electrons. The lowest BCUT2D eigenvalue weighted by atomic mass is 9.84.